The molecule has 2 aliphatic rings. The molecule has 0 aromatic carbocycles. The largest absolute Gasteiger partial charge is 0.369 e. The van der Waals surface area contributed by atoms with E-state index in [1.165, 1.54) is 10.4 Å². The molecule has 2 aliphatic heterocycles. The van der Waals surface area contributed by atoms with Crippen molar-refractivity contribution in [1.82, 2.24) is 10.3 Å². The van der Waals surface area contributed by atoms with Gasteiger partial charge in [-0.2, -0.15) is 5.26 Å². The minimum Gasteiger partial charge on any atom is -0.369 e. The number of hydrogen-bond acceptors (Lipinski definition) is 5. The third-order valence-electron chi connectivity index (χ3n) is 4.84. The van der Waals surface area contributed by atoms with Crippen molar-refractivity contribution in [2.75, 3.05) is 6.61 Å². The molecule has 4 heterocycles. The van der Waals surface area contributed by atoms with Gasteiger partial charge in [-0.1, -0.05) is 17.7 Å². The van der Waals surface area contributed by atoms with Crippen LogP contribution in [-0.4, -0.2) is 17.6 Å². The molecule has 4 rings (SSSR count). The maximum Gasteiger partial charge on any atom is 0.140 e. The van der Waals surface area contributed by atoms with Gasteiger partial charge >= 0.3 is 0 Å². The SMILES string of the molecule is C[C@H]1C[C@@]2(C[C@@H](c3cccc(C#N)n3)N1)OCCc1cc(Cl)sc12. The molecule has 0 bridgehead atoms. The predicted octanol–water partition coefficient (Wildman–Crippen LogP) is 3.95. The first-order valence-electron chi connectivity index (χ1n) is 8.15. The summed E-state index contributed by atoms with van der Waals surface area (Å²) < 4.78 is 7.17. The second kappa shape index (κ2) is 6.12. The number of fused-ring (bicyclic) bond motifs is 2. The van der Waals surface area contributed by atoms with Crippen LogP contribution in [0.25, 0.3) is 0 Å². The zero-order valence-corrected chi connectivity index (χ0v) is 15.0. The molecule has 2 aromatic heterocycles. The van der Waals surface area contributed by atoms with Crippen molar-refractivity contribution in [2.45, 2.75) is 43.9 Å². The predicted molar refractivity (Wildman–Crippen MR) is 94.2 cm³/mol. The normalized spacial score (nSPS) is 29.2. The average Bonchev–Trinajstić information content (AvgIpc) is 2.96. The van der Waals surface area contributed by atoms with E-state index in [1.54, 1.807) is 17.4 Å². The van der Waals surface area contributed by atoms with Gasteiger partial charge in [-0.25, -0.2) is 4.98 Å². The molecule has 24 heavy (non-hydrogen) atoms. The van der Waals surface area contributed by atoms with Crippen molar-refractivity contribution >= 4 is 22.9 Å². The number of hydrogen-bond donors (Lipinski definition) is 1. The summed E-state index contributed by atoms with van der Waals surface area (Å²) in [7, 11) is 0. The zero-order valence-electron chi connectivity index (χ0n) is 13.4. The Morgan fingerprint density at radius 1 is 1.46 bits per heavy atom. The highest BCUT2D eigenvalue weighted by atomic mass is 35.5. The van der Waals surface area contributed by atoms with E-state index in [9.17, 15) is 0 Å². The van der Waals surface area contributed by atoms with E-state index in [0.29, 0.717) is 11.7 Å². The van der Waals surface area contributed by atoms with Gasteiger partial charge in [0, 0.05) is 17.3 Å². The lowest BCUT2D eigenvalue weighted by molar-refractivity contribution is -0.0957. The molecular weight excluding hydrogens is 342 g/mol. The lowest BCUT2D eigenvalue weighted by Crippen LogP contribution is -2.49. The number of halogens is 1. The van der Waals surface area contributed by atoms with E-state index in [-0.39, 0.29) is 11.6 Å². The lowest BCUT2D eigenvalue weighted by Gasteiger charge is -2.46. The Hall–Kier alpha value is -1.45. The van der Waals surface area contributed by atoms with Crippen LogP contribution in [0, 0.1) is 11.3 Å². The van der Waals surface area contributed by atoms with Gasteiger partial charge in [-0.05, 0) is 43.5 Å². The first-order valence-corrected chi connectivity index (χ1v) is 9.35. The Labute approximate surface area is 150 Å². The van der Waals surface area contributed by atoms with Gasteiger partial charge in [0.2, 0.25) is 0 Å². The van der Waals surface area contributed by atoms with Crippen molar-refractivity contribution in [3.63, 3.8) is 0 Å². The molecule has 124 valence electrons. The molecule has 0 radical (unpaired) electrons. The minimum absolute atomic E-state index is 0.0638. The van der Waals surface area contributed by atoms with Crippen LogP contribution in [0.2, 0.25) is 4.34 Å². The number of nitrogens with one attached hydrogen (secondary N) is 1. The van der Waals surface area contributed by atoms with E-state index in [4.69, 9.17) is 21.6 Å². The Kier molecular flexibility index (Phi) is 4.09. The van der Waals surface area contributed by atoms with Crippen LogP contribution in [0.1, 0.15) is 47.6 Å². The molecule has 1 saturated heterocycles. The second-order valence-electron chi connectivity index (χ2n) is 6.59. The summed E-state index contributed by atoms with van der Waals surface area (Å²) in [6.45, 7) is 2.90. The van der Waals surface area contributed by atoms with E-state index in [0.717, 1.165) is 35.9 Å². The first kappa shape index (κ1) is 16.0. The summed E-state index contributed by atoms with van der Waals surface area (Å²) in [5.41, 5.74) is 2.37. The molecule has 4 nitrogen and oxygen atoms in total. The number of piperidine rings is 1. The van der Waals surface area contributed by atoms with Crippen molar-refractivity contribution in [1.29, 1.82) is 5.26 Å². The molecule has 0 saturated carbocycles. The molecule has 1 spiro atoms. The summed E-state index contributed by atoms with van der Waals surface area (Å²) in [5.74, 6) is 0. The standard InChI is InChI=1S/C18H18ClN3OS/c1-11-8-18(17-12(5-6-23-18)7-16(19)24-17)9-15(21-11)14-4-2-3-13(10-20)22-14/h2-4,7,11,15,21H,5-6,8-9H2,1H3/t11-,15-,18-/m0/s1. The monoisotopic (exact) mass is 359 g/mol. The first-order chi connectivity index (χ1) is 11.6. The molecular formula is C18H18ClN3OS. The molecule has 3 atom stereocenters. The van der Waals surface area contributed by atoms with Crippen LogP contribution in [0.15, 0.2) is 24.3 Å². The fourth-order valence-electron chi connectivity index (χ4n) is 3.96. The number of aromatic nitrogens is 1. The third-order valence-corrected chi connectivity index (χ3v) is 6.33. The minimum atomic E-state index is -0.301. The highest BCUT2D eigenvalue weighted by Crippen LogP contribution is 2.49. The van der Waals surface area contributed by atoms with Gasteiger partial charge < -0.3 is 10.1 Å². The maximum absolute atomic E-state index is 9.12. The van der Waals surface area contributed by atoms with Gasteiger partial charge in [0.15, 0.2) is 0 Å². The van der Waals surface area contributed by atoms with Crippen LogP contribution in [0.5, 0.6) is 0 Å². The Morgan fingerprint density at radius 2 is 2.33 bits per heavy atom. The van der Waals surface area contributed by atoms with Crippen molar-refractivity contribution in [2.24, 2.45) is 0 Å². The van der Waals surface area contributed by atoms with E-state index in [1.807, 2.05) is 12.1 Å². The van der Waals surface area contributed by atoms with E-state index >= 15 is 0 Å². The summed E-state index contributed by atoms with van der Waals surface area (Å²) >= 11 is 7.92. The quantitative estimate of drug-likeness (QED) is 0.837. The summed E-state index contributed by atoms with van der Waals surface area (Å²) in [6.07, 6.45) is 2.66. The third kappa shape index (κ3) is 2.74. The molecule has 0 unspecified atom stereocenters. The summed E-state index contributed by atoms with van der Waals surface area (Å²) in [5, 5.41) is 12.7. The Bertz CT molecular complexity index is 815. The smallest absolute Gasteiger partial charge is 0.140 e. The maximum atomic E-state index is 9.12. The van der Waals surface area contributed by atoms with Gasteiger partial charge in [0.05, 0.1) is 22.7 Å². The second-order valence-corrected chi connectivity index (χ2v) is 8.27. The van der Waals surface area contributed by atoms with Crippen molar-refractivity contribution < 1.29 is 4.74 Å². The average molecular weight is 360 g/mol. The fourth-order valence-corrected chi connectivity index (χ4v) is 5.42. The van der Waals surface area contributed by atoms with E-state index < -0.39 is 0 Å². The van der Waals surface area contributed by atoms with Crippen LogP contribution in [-0.2, 0) is 16.8 Å². The number of pyridine rings is 1. The summed E-state index contributed by atoms with van der Waals surface area (Å²) in [4.78, 5) is 5.76. The van der Waals surface area contributed by atoms with Gasteiger partial charge in [-0.3, -0.25) is 0 Å². The topological polar surface area (TPSA) is 57.9 Å². The highest BCUT2D eigenvalue weighted by molar-refractivity contribution is 7.16. The molecule has 1 N–H and O–H groups in total. The molecule has 1 fully saturated rings. The van der Waals surface area contributed by atoms with Crippen molar-refractivity contribution in [3.8, 4) is 6.07 Å². The number of thiophene rings is 1. The van der Waals surface area contributed by atoms with Gasteiger partial charge in [0.1, 0.15) is 17.4 Å². The van der Waals surface area contributed by atoms with Crippen LogP contribution < -0.4 is 5.32 Å². The Balaban J connectivity index is 1.72. The molecule has 0 aliphatic carbocycles. The number of nitrogens with zero attached hydrogens (tertiary/aromatic N) is 2. The molecule has 6 heteroatoms. The van der Waals surface area contributed by atoms with Gasteiger partial charge in [0.25, 0.3) is 0 Å². The number of nitriles is 1. The summed E-state index contributed by atoms with van der Waals surface area (Å²) in [6, 6.07) is 10.2. The molecule has 2 aromatic rings. The Morgan fingerprint density at radius 3 is 3.17 bits per heavy atom. The van der Waals surface area contributed by atoms with Crippen LogP contribution >= 0.6 is 22.9 Å². The zero-order chi connectivity index (χ0) is 16.7. The number of ether oxygens (including phenoxy) is 1. The van der Waals surface area contributed by atoms with Crippen molar-refractivity contribution in [3.05, 3.63) is 50.4 Å². The van der Waals surface area contributed by atoms with Crippen LogP contribution in [0.4, 0.5) is 0 Å². The van der Waals surface area contributed by atoms with E-state index in [2.05, 4.69) is 29.4 Å². The lowest BCUT2D eigenvalue weighted by atomic mass is 9.79. The number of rotatable bonds is 1. The fraction of sp³-hybridized carbons (Fsp3) is 0.444. The molecule has 0 amide bonds. The highest BCUT2D eigenvalue weighted by Gasteiger charge is 2.46. The van der Waals surface area contributed by atoms with Crippen LogP contribution in [0.3, 0.4) is 0 Å². The van der Waals surface area contributed by atoms with Gasteiger partial charge in [-0.15, -0.1) is 11.3 Å².